The number of benzene rings is 4. The molecule has 4 aromatic carbocycles. The number of anilines is 1. The summed E-state index contributed by atoms with van der Waals surface area (Å²) in [6.45, 7) is 2.17. The Hall–Kier alpha value is -4.30. The van der Waals surface area contributed by atoms with Crippen LogP contribution in [0.25, 0.3) is 10.8 Å². The molecule has 0 saturated heterocycles. The number of ether oxygens (including phenoxy) is 2. The average molecular weight is 513 g/mol. The Balaban J connectivity index is 1.35. The summed E-state index contributed by atoms with van der Waals surface area (Å²) in [6.07, 6.45) is 1.59. The van der Waals surface area contributed by atoms with E-state index in [0.717, 1.165) is 33.3 Å². The molecule has 0 atom stereocenters. The van der Waals surface area contributed by atoms with E-state index >= 15 is 0 Å². The van der Waals surface area contributed by atoms with Crippen LogP contribution in [0.3, 0.4) is 0 Å². The highest BCUT2D eigenvalue weighted by Gasteiger charge is 2.10. The minimum Gasteiger partial charge on any atom is -0.490 e. The van der Waals surface area contributed by atoms with Crippen LogP contribution in [0, 0.1) is 0 Å². The summed E-state index contributed by atoms with van der Waals surface area (Å²) in [6, 6.07) is 29.0. The molecule has 1 amide bonds. The first kappa shape index (κ1) is 25.8. The van der Waals surface area contributed by atoms with E-state index < -0.39 is 0 Å². The largest absolute Gasteiger partial charge is 0.490 e. The molecule has 0 bridgehead atoms. The van der Waals surface area contributed by atoms with E-state index in [9.17, 15) is 4.79 Å². The van der Waals surface area contributed by atoms with Crippen LogP contribution in [-0.2, 0) is 10.5 Å². The van der Waals surface area contributed by atoms with Crippen LogP contribution in [0.5, 0.6) is 11.5 Å². The Morgan fingerprint density at radius 1 is 0.946 bits per heavy atom. The molecule has 4 rings (SSSR count). The minimum absolute atomic E-state index is 0.157. The van der Waals surface area contributed by atoms with Gasteiger partial charge in [0.15, 0.2) is 23.3 Å². The maximum Gasteiger partial charge on any atom is 0.262 e. The van der Waals surface area contributed by atoms with Crippen molar-refractivity contribution in [2.75, 3.05) is 18.5 Å². The van der Waals surface area contributed by atoms with Gasteiger partial charge >= 0.3 is 0 Å². The van der Waals surface area contributed by atoms with Crippen molar-refractivity contribution in [2.24, 2.45) is 15.9 Å². The summed E-state index contributed by atoms with van der Waals surface area (Å²) < 4.78 is 11.5. The lowest BCUT2D eigenvalue weighted by atomic mass is 10.1. The molecule has 0 aliphatic rings. The number of amidine groups is 1. The van der Waals surface area contributed by atoms with E-state index in [1.165, 1.54) is 11.8 Å². The summed E-state index contributed by atoms with van der Waals surface area (Å²) in [7, 11) is 0. The van der Waals surface area contributed by atoms with Gasteiger partial charge in [-0.1, -0.05) is 78.5 Å². The minimum atomic E-state index is -0.262. The van der Waals surface area contributed by atoms with Crippen LogP contribution in [0.15, 0.2) is 101 Å². The van der Waals surface area contributed by atoms with Crippen molar-refractivity contribution in [2.45, 2.75) is 12.7 Å². The normalized spacial score (nSPS) is 11.5. The Morgan fingerprint density at radius 2 is 1.73 bits per heavy atom. The fraction of sp³-hybridized carbons (Fsp3) is 0.138. The lowest BCUT2D eigenvalue weighted by Gasteiger charge is -2.13. The van der Waals surface area contributed by atoms with Crippen LogP contribution in [0.2, 0.25) is 0 Å². The van der Waals surface area contributed by atoms with Crippen molar-refractivity contribution < 1.29 is 14.3 Å². The number of amides is 1. The van der Waals surface area contributed by atoms with Gasteiger partial charge in [0.25, 0.3) is 5.91 Å². The highest BCUT2D eigenvalue weighted by molar-refractivity contribution is 8.13. The predicted octanol–water partition coefficient (Wildman–Crippen LogP) is 5.84. The monoisotopic (exact) mass is 512 g/mol. The summed E-state index contributed by atoms with van der Waals surface area (Å²) in [5.74, 6) is 1.44. The predicted molar refractivity (Wildman–Crippen MR) is 153 cm³/mol. The van der Waals surface area contributed by atoms with Gasteiger partial charge in [-0.15, -0.1) is 5.10 Å². The molecule has 3 N–H and O–H groups in total. The van der Waals surface area contributed by atoms with E-state index in [0.29, 0.717) is 23.3 Å². The number of nitrogens with zero attached hydrogens (tertiary/aromatic N) is 2. The number of carbonyl (C=O) groups is 1. The molecule has 7 nitrogen and oxygen atoms in total. The van der Waals surface area contributed by atoms with E-state index in [1.807, 2.05) is 85.8 Å². The summed E-state index contributed by atoms with van der Waals surface area (Å²) in [5.41, 5.74) is 8.63. The quantitative estimate of drug-likeness (QED) is 0.158. The Labute approximate surface area is 220 Å². The second-order valence-electron chi connectivity index (χ2n) is 7.96. The average Bonchev–Trinajstić information content (AvgIpc) is 2.92. The Bertz CT molecular complexity index is 1400. The molecule has 0 fully saturated rings. The molecule has 0 aromatic heterocycles. The molecule has 0 spiro atoms. The van der Waals surface area contributed by atoms with Gasteiger partial charge < -0.3 is 20.5 Å². The highest BCUT2D eigenvalue weighted by atomic mass is 32.2. The molecule has 8 heteroatoms. The lowest BCUT2D eigenvalue weighted by Crippen LogP contribution is -2.20. The van der Waals surface area contributed by atoms with Gasteiger partial charge in [-0.3, -0.25) is 4.79 Å². The lowest BCUT2D eigenvalue weighted by molar-refractivity contribution is -0.118. The van der Waals surface area contributed by atoms with Gasteiger partial charge in [0.05, 0.1) is 12.8 Å². The first-order valence-corrected chi connectivity index (χ1v) is 12.8. The van der Waals surface area contributed by atoms with Crippen LogP contribution >= 0.6 is 11.8 Å². The molecule has 188 valence electrons. The summed E-state index contributed by atoms with van der Waals surface area (Å²) in [4.78, 5) is 12.6. The topological polar surface area (TPSA) is 98.3 Å². The maximum absolute atomic E-state index is 12.6. The SMILES string of the molecule is CCOc1cc(C=NN=C(N)SCc2ccccc2)ccc1OCC(=O)Nc1cccc2ccccc12. The number of fused-ring (bicyclic) bond motifs is 1. The summed E-state index contributed by atoms with van der Waals surface area (Å²) >= 11 is 1.42. The molecule has 0 unspecified atom stereocenters. The molecule has 4 aromatic rings. The number of nitrogens with one attached hydrogen (secondary N) is 1. The van der Waals surface area contributed by atoms with E-state index in [2.05, 4.69) is 15.5 Å². The van der Waals surface area contributed by atoms with Gasteiger partial charge in [-0.05, 0) is 47.7 Å². The fourth-order valence-corrected chi connectivity index (χ4v) is 4.18. The standard InChI is InChI=1S/C29H28N4O3S/c1-2-35-27-17-22(18-31-33-29(30)37-20-21-9-4-3-5-10-21)15-16-26(27)36-19-28(34)32-25-14-8-12-23-11-6-7-13-24(23)25/h3-18H,2,19-20H2,1H3,(H2,30,33)(H,32,34). The van der Waals surface area contributed by atoms with Crippen molar-refractivity contribution >= 4 is 45.5 Å². The first-order chi connectivity index (χ1) is 18.1. The molecule has 0 heterocycles. The number of hydrogen-bond acceptors (Lipinski definition) is 6. The number of thioether (sulfide) groups is 1. The third-order valence-electron chi connectivity index (χ3n) is 5.28. The molecule has 0 aliphatic heterocycles. The van der Waals surface area contributed by atoms with Crippen LogP contribution < -0.4 is 20.5 Å². The van der Waals surface area contributed by atoms with E-state index in [-0.39, 0.29) is 12.5 Å². The van der Waals surface area contributed by atoms with Crippen molar-refractivity contribution in [1.29, 1.82) is 0 Å². The third-order valence-corrected chi connectivity index (χ3v) is 6.14. The zero-order valence-corrected chi connectivity index (χ0v) is 21.3. The van der Waals surface area contributed by atoms with Crippen molar-refractivity contribution in [1.82, 2.24) is 0 Å². The smallest absolute Gasteiger partial charge is 0.262 e. The Kier molecular flexibility index (Phi) is 9.15. The Morgan fingerprint density at radius 3 is 2.57 bits per heavy atom. The zero-order valence-electron chi connectivity index (χ0n) is 20.5. The number of carbonyl (C=O) groups excluding carboxylic acids is 1. The van der Waals surface area contributed by atoms with Crippen LogP contribution in [-0.4, -0.2) is 30.5 Å². The van der Waals surface area contributed by atoms with Crippen molar-refractivity contribution in [3.05, 3.63) is 102 Å². The first-order valence-electron chi connectivity index (χ1n) is 11.8. The highest BCUT2D eigenvalue weighted by Crippen LogP contribution is 2.28. The van der Waals surface area contributed by atoms with Gasteiger partial charge in [0.1, 0.15) is 0 Å². The molecule has 0 aliphatic carbocycles. The molecule has 37 heavy (non-hydrogen) atoms. The maximum atomic E-state index is 12.6. The van der Waals surface area contributed by atoms with Crippen molar-refractivity contribution in [3.8, 4) is 11.5 Å². The van der Waals surface area contributed by atoms with Crippen molar-refractivity contribution in [3.63, 3.8) is 0 Å². The molecular formula is C29H28N4O3S. The molecule has 0 saturated carbocycles. The molecular weight excluding hydrogens is 484 g/mol. The van der Waals surface area contributed by atoms with Gasteiger partial charge in [0.2, 0.25) is 0 Å². The van der Waals surface area contributed by atoms with Gasteiger partial charge in [0, 0.05) is 16.8 Å². The summed E-state index contributed by atoms with van der Waals surface area (Å²) in [5, 5.41) is 13.5. The third kappa shape index (κ3) is 7.59. The fourth-order valence-electron chi connectivity index (χ4n) is 3.57. The number of rotatable bonds is 10. The number of nitrogens with two attached hydrogens (primary N) is 1. The van der Waals surface area contributed by atoms with Crippen LogP contribution in [0.4, 0.5) is 5.69 Å². The zero-order chi connectivity index (χ0) is 25.9. The molecule has 0 radical (unpaired) electrons. The second-order valence-corrected chi connectivity index (χ2v) is 8.96. The van der Waals surface area contributed by atoms with E-state index in [4.69, 9.17) is 15.2 Å². The van der Waals surface area contributed by atoms with Crippen LogP contribution in [0.1, 0.15) is 18.1 Å². The van der Waals surface area contributed by atoms with Gasteiger partial charge in [-0.2, -0.15) is 5.10 Å². The number of hydrogen-bond donors (Lipinski definition) is 2. The van der Waals surface area contributed by atoms with Gasteiger partial charge in [-0.25, -0.2) is 0 Å². The second kappa shape index (κ2) is 13.1. The van der Waals surface area contributed by atoms with E-state index in [1.54, 1.807) is 18.3 Å².